The highest BCUT2D eigenvalue weighted by molar-refractivity contribution is 6.31. The van der Waals surface area contributed by atoms with Gasteiger partial charge in [0.25, 0.3) is 11.9 Å². The number of amidine groups is 1. The monoisotopic (exact) mass is 358 g/mol. The molecule has 1 amide bonds. The van der Waals surface area contributed by atoms with Crippen molar-refractivity contribution in [3.8, 4) is 0 Å². The number of aromatic nitrogens is 1. The predicted octanol–water partition coefficient (Wildman–Crippen LogP) is 2.94. The number of amides is 1. The number of rotatable bonds is 5. The van der Waals surface area contributed by atoms with Crippen LogP contribution in [0.4, 0.5) is 5.69 Å². The van der Waals surface area contributed by atoms with E-state index in [1.54, 1.807) is 19.1 Å². The number of benzene rings is 1. The lowest BCUT2D eigenvalue weighted by molar-refractivity contribution is 0.102. The lowest BCUT2D eigenvalue weighted by Crippen LogP contribution is -2.14. The Bertz CT molecular complexity index is 785. The maximum absolute atomic E-state index is 12.3. The maximum Gasteiger partial charge on any atom is 0.282 e. The van der Waals surface area contributed by atoms with Crippen LogP contribution in [0.25, 0.3) is 0 Å². The highest BCUT2D eigenvalue weighted by atomic mass is 35.5. The summed E-state index contributed by atoms with van der Waals surface area (Å²) in [7, 11) is 0. The topological polar surface area (TPSA) is 89.6 Å². The van der Waals surface area contributed by atoms with Crippen LogP contribution in [-0.2, 0) is 11.2 Å². The molecular weight excluding hydrogens is 340 g/mol. The lowest BCUT2D eigenvalue weighted by Gasteiger charge is -2.08. The largest absolute Gasteiger partial charge is 0.463 e. The van der Waals surface area contributed by atoms with Gasteiger partial charge in [-0.1, -0.05) is 23.7 Å². The minimum Gasteiger partial charge on any atom is -0.463 e. The molecule has 1 unspecified atom stereocenters. The number of aliphatic imine (C=N–C) groups is 1. The highest BCUT2D eigenvalue weighted by Crippen LogP contribution is 2.16. The molecule has 1 aliphatic rings. The quantitative estimate of drug-likeness (QED) is 0.859. The average Bonchev–Trinajstić information content (AvgIpc) is 2.99. The Morgan fingerprint density at radius 2 is 2.12 bits per heavy atom. The van der Waals surface area contributed by atoms with E-state index >= 15 is 0 Å². The molecule has 1 aliphatic heterocycles. The van der Waals surface area contributed by atoms with Crippen molar-refractivity contribution >= 4 is 29.2 Å². The molecule has 0 saturated carbocycles. The Morgan fingerprint density at radius 1 is 1.36 bits per heavy atom. The Kier molecular flexibility index (Phi) is 5.19. The Hall–Kier alpha value is -2.60. The second-order valence-electron chi connectivity index (χ2n) is 5.93. The maximum atomic E-state index is 12.3. The van der Waals surface area contributed by atoms with Crippen molar-refractivity contribution < 1.29 is 9.53 Å². The highest BCUT2D eigenvalue weighted by Gasteiger charge is 2.16. The zero-order valence-corrected chi connectivity index (χ0v) is 14.6. The van der Waals surface area contributed by atoms with Crippen LogP contribution >= 0.6 is 11.6 Å². The first-order valence-corrected chi connectivity index (χ1v) is 8.38. The number of halogens is 1. The molecule has 0 saturated heterocycles. The summed E-state index contributed by atoms with van der Waals surface area (Å²) in [6.45, 7) is 2.34. The molecule has 2 aromatic rings. The molecule has 1 aromatic heterocycles. The summed E-state index contributed by atoms with van der Waals surface area (Å²) in [4.78, 5) is 20.7. The van der Waals surface area contributed by atoms with Gasteiger partial charge in [-0.15, -0.1) is 0 Å². The van der Waals surface area contributed by atoms with Crippen molar-refractivity contribution in [1.29, 1.82) is 0 Å². The zero-order valence-electron chi connectivity index (χ0n) is 13.8. The van der Waals surface area contributed by atoms with Crippen LogP contribution in [0.2, 0.25) is 5.02 Å². The molecule has 0 radical (unpaired) electrons. The first kappa shape index (κ1) is 17.2. The normalized spacial score (nSPS) is 16.2. The number of nitrogens with one attached hydrogen (secondary N) is 1. The fourth-order valence-corrected chi connectivity index (χ4v) is 2.87. The Morgan fingerprint density at radius 3 is 2.76 bits per heavy atom. The fourth-order valence-electron chi connectivity index (χ4n) is 2.61. The number of pyridine rings is 1. The van der Waals surface area contributed by atoms with Crippen molar-refractivity contribution in [2.24, 2.45) is 10.7 Å². The predicted molar refractivity (Wildman–Crippen MR) is 98.1 cm³/mol. The van der Waals surface area contributed by atoms with E-state index in [-0.39, 0.29) is 18.0 Å². The van der Waals surface area contributed by atoms with Crippen LogP contribution in [-0.4, -0.2) is 29.6 Å². The summed E-state index contributed by atoms with van der Waals surface area (Å²) >= 11 is 5.97. The van der Waals surface area contributed by atoms with E-state index in [0.717, 1.165) is 18.4 Å². The molecule has 0 bridgehead atoms. The number of anilines is 1. The van der Waals surface area contributed by atoms with Gasteiger partial charge in [0.05, 0.1) is 6.04 Å². The first-order chi connectivity index (χ1) is 12.0. The zero-order chi connectivity index (χ0) is 17.8. The van der Waals surface area contributed by atoms with E-state index in [1.807, 2.05) is 24.3 Å². The van der Waals surface area contributed by atoms with Crippen molar-refractivity contribution in [2.45, 2.75) is 25.8 Å². The number of hydrogen-bond donors (Lipinski definition) is 2. The summed E-state index contributed by atoms with van der Waals surface area (Å²) in [5.41, 5.74) is 8.37. The number of nitrogens with two attached hydrogens (primary N) is 1. The van der Waals surface area contributed by atoms with Gasteiger partial charge in [0.2, 0.25) is 0 Å². The van der Waals surface area contributed by atoms with Gasteiger partial charge in [-0.3, -0.25) is 4.79 Å². The minimum atomic E-state index is -0.286. The molecule has 1 atom stereocenters. The van der Waals surface area contributed by atoms with E-state index in [0.29, 0.717) is 28.7 Å². The van der Waals surface area contributed by atoms with Gasteiger partial charge in [-0.2, -0.15) is 0 Å². The molecule has 2 heterocycles. The molecule has 1 aromatic carbocycles. The van der Waals surface area contributed by atoms with Crippen LogP contribution in [0.1, 0.15) is 28.2 Å². The van der Waals surface area contributed by atoms with Gasteiger partial charge in [-0.05, 0) is 49.6 Å². The van der Waals surface area contributed by atoms with Gasteiger partial charge >= 0.3 is 0 Å². The minimum absolute atomic E-state index is 0.122. The summed E-state index contributed by atoms with van der Waals surface area (Å²) in [5, 5.41) is 3.32. The number of aryl methyl sites for hydroxylation is 2. The summed E-state index contributed by atoms with van der Waals surface area (Å²) in [6, 6.07) is 11.4. The summed E-state index contributed by atoms with van der Waals surface area (Å²) < 4.78 is 5.14. The molecule has 130 valence electrons. The van der Waals surface area contributed by atoms with Crippen LogP contribution in [0.5, 0.6) is 0 Å². The number of hydrogen-bond acceptors (Lipinski definition) is 5. The Balaban J connectivity index is 1.57. The van der Waals surface area contributed by atoms with Crippen molar-refractivity contribution in [1.82, 2.24) is 4.98 Å². The second kappa shape index (κ2) is 7.53. The molecule has 25 heavy (non-hydrogen) atoms. The van der Waals surface area contributed by atoms with E-state index < -0.39 is 0 Å². The summed E-state index contributed by atoms with van der Waals surface area (Å²) in [6.07, 6.45) is 1.74. The molecule has 0 fully saturated rings. The van der Waals surface area contributed by atoms with Crippen molar-refractivity contribution in [3.63, 3.8) is 0 Å². The van der Waals surface area contributed by atoms with Crippen LogP contribution in [0.3, 0.4) is 0 Å². The first-order valence-electron chi connectivity index (χ1n) is 8.00. The SMILES string of the molecule is Cc1cc(Cl)cc(C(=O)Nc2ccc(CCC3COC(N)=N3)cc2)n1. The van der Waals surface area contributed by atoms with Crippen LogP contribution in [0.15, 0.2) is 41.4 Å². The van der Waals surface area contributed by atoms with Crippen LogP contribution < -0.4 is 11.1 Å². The van der Waals surface area contributed by atoms with Crippen molar-refractivity contribution in [3.05, 3.63) is 58.4 Å². The standard InChI is InChI=1S/C18H19ClN4O2/c1-11-8-13(19)9-16(21-11)17(24)22-14-5-2-12(3-6-14)4-7-15-10-25-18(20)23-15/h2-3,5-6,8-9,15H,4,7,10H2,1H3,(H2,20,23)(H,22,24). The Labute approximate surface area is 151 Å². The molecule has 3 rings (SSSR count). The molecule has 0 spiro atoms. The van der Waals surface area contributed by atoms with Crippen LogP contribution in [0, 0.1) is 6.92 Å². The van der Waals surface area contributed by atoms with Gasteiger partial charge in [0.1, 0.15) is 12.3 Å². The van der Waals surface area contributed by atoms with E-state index in [9.17, 15) is 4.79 Å². The van der Waals surface area contributed by atoms with Gasteiger partial charge in [-0.25, -0.2) is 9.98 Å². The second-order valence-corrected chi connectivity index (χ2v) is 6.37. The van der Waals surface area contributed by atoms with E-state index in [2.05, 4.69) is 15.3 Å². The van der Waals surface area contributed by atoms with E-state index in [1.165, 1.54) is 0 Å². The number of carbonyl (C=O) groups excluding carboxylic acids is 1. The molecule has 0 aliphatic carbocycles. The molecule has 3 N–H and O–H groups in total. The molecular formula is C18H19ClN4O2. The average molecular weight is 359 g/mol. The molecule has 6 nitrogen and oxygen atoms in total. The third-order valence-electron chi connectivity index (χ3n) is 3.86. The number of carbonyl (C=O) groups is 1. The number of nitrogens with zero attached hydrogens (tertiary/aromatic N) is 2. The smallest absolute Gasteiger partial charge is 0.282 e. The van der Waals surface area contributed by atoms with Gasteiger partial charge in [0, 0.05) is 16.4 Å². The fraction of sp³-hybridized carbons (Fsp3) is 0.278. The third kappa shape index (κ3) is 4.70. The number of ether oxygens (including phenoxy) is 1. The van der Waals surface area contributed by atoms with E-state index in [4.69, 9.17) is 22.1 Å². The third-order valence-corrected chi connectivity index (χ3v) is 4.08. The summed E-state index contributed by atoms with van der Waals surface area (Å²) in [5.74, 6) is -0.286. The van der Waals surface area contributed by atoms with Crippen molar-refractivity contribution in [2.75, 3.05) is 11.9 Å². The lowest BCUT2D eigenvalue weighted by atomic mass is 10.1. The van der Waals surface area contributed by atoms with Gasteiger partial charge < -0.3 is 15.8 Å². The molecule has 7 heteroatoms. The van der Waals surface area contributed by atoms with Gasteiger partial charge in [0.15, 0.2) is 0 Å².